The molecule has 3 N–H and O–H groups in total. The van der Waals surface area contributed by atoms with Crippen LogP contribution in [0.25, 0.3) is 0 Å². The molecule has 1 fully saturated rings. The maximum Gasteiger partial charge on any atom is 0.220 e. The van der Waals surface area contributed by atoms with E-state index in [1.54, 1.807) is 0 Å². The van der Waals surface area contributed by atoms with Gasteiger partial charge in [-0.25, -0.2) is 0 Å². The number of aryl methyl sites for hydroxylation is 2. The average molecular weight is 325 g/mol. The smallest absolute Gasteiger partial charge is 0.220 e. The van der Waals surface area contributed by atoms with Crippen molar-refractivity contribution < 1.29 is 4.79 Å². The van der Waals surface area contributed by atoms with Crippen LogP contribution < -0.4 is 11.1 Å². The monoisotopic (exact) mass is 324 g/mol. The molecule has 1 aromatic carbocycles. The minimum absolute atomic E-state index is 0. The second-order valence-electron chi connectivity index (χ2n) is 6.43. The quantitative estimate of drug-likeness (QED) is 0.754. The fourth-order valence-corrected chi connectivity index (χ4v) is 3.16. The summed E-state index contributed by atoms with van der Waals surface area (Å²) in [5.41, 5.74) is 8.39. The van der Waals surface area contributed by atoms with E-state index in [9.17, 15) is 4.79 Å². The van der Waals surface area contributed by atoms with Gasteiger partial charge in [-0.2, -0.15) is 0 Å². The largest absolute Gasteiger partial charge is 0.349 e. The van der Waals surface area contributed by atoms with Crippen LogP contribution in [0.3, 0.4) is 0 Å². The molecule has 0 spiro atoms. The highest BCUT2D eigenvalue weighted by molar-refractivity contribution is 5.85. The topological polar surface area (TPSA) is 55.1 Å². The molecule has 1 aliphatic rings. The van der Waals surface area contributed by atoms with Gasteiger partial charge in [-0.1, -0.05) is 42.7 Å². The molecule has 1 saturated carbocycles. The number of unbranched alkanes of at least 4 members (excludes halogenated alkanes) is 1. The Labute approximate surface area is 140 Å². The first-order valence-electron chi connectivity index (χ1n) is 8.20. The molecule has 4 heteroatoms. The molecule has 1 aliphatic carbocycles. The van der Waals surface area contributed by atoms with E-state index in [0.29, 0.717) is 13.0 Å². The zero-order valence-electron chi connectivity index (χ0n) is 13.6. The van der Waals surface area contributed by atoms with Gasteiger partial charge in [0.15, 0.2) is 0 Å². The summed E-state index contributed by atoms with van der Waals surface area (Å²) in [6, 6.07) is 8.65. The maximum atomic E-state index is 12.1. The van der Waals surface area contributed by atoms with Crippen LogP contribution in [0.2, 0.25) is 0 Å². The number of benzene rings is 1. The fraction of sp³-hybridized carbons (Fsp3) is 0.611. The van der Waals surface area contributed by atoms with Crippen LogP contribution in [-0.4, -0.2) is 18.0 Å². The lowest BCUT2D eigenvalue weighted by Crippen LogP contribution is -2.51. The van der Waals surface area contributed by atoms with Gasteiger partial charge in [0, 0.05) is 13.0 Å². The zero-order chi connectivity index (χ0) is 15.1. The predicted molar refractivity (Wildman–Crippen MR) is 94.4 cm³/mol. The van der Waals surface area contributed by atoms with Crippen LogP contribution in [0.1, 0.15) is 56.1 Å². The molecular weight excluding hydrogens is 296 g/mol. The van der Waals surface area contributed by atoms with Crippen molar-refractivity contribution in [1.82, 2.24) is 5.32 Å². The highest BCUT2D eigenvalue weighted by atomic mass is 35.5. The normalized spacial score (nSPS) is 16.1. The lowest BCUT2D eigenvalue weighted by molar-refractivity contribution is -0.123. The van der Waals surface area contributed by atoms with E-state index >= 15 is 0 Å². The van der Waals surface area contributed by atoms with Crippen LogP contribution >= 0.6 is 12.4 Å². The van der Waals surface area contributed by atoms with Gasteiger partial charge in [0.05, 0.1) is 5.54 Å². The molecule has 22 heavy (non-hydrogen) atoms. The van der Waals surface area contributed by atoms with E-state index in [1.807, 2.05) is 0 Å². The summed E-state index contributed by atoms with van der Waals surface area (Å²) in [5, 5.41) is 3.18. The molecule has 0 aliphatic heterocycles. The van der Waals surface area contributed by atoms with E-state index < -0.39 is 0 Å². The van der Waals surface area contributed by atoms with E-state index in [4.69, 9.17) is 5.73 Å². The van der Waals surface area contributed by atoms with Gasteiger partial charge in [0.2, 0.25) is 5.91 Å². The lowest BCUT2D eigenvalue weighted by Gasteiger charge is -2.28. The first kappa shape index (κ1) is 19.0. The SMILES string of the molecule is Cc1ccc(CCCCC(=O)NC2(CN)CCCC2)cc1.Cl. The molecule has 0 aromatic heterocycles. The van der Waals surface area contributed by atoms with E-state index in [0.717, 1.165) is 32.1 Å². The molecule has 1 amide bonds. The lowest BCUT2D eigenvalue weighted by atomic mass is 9.97. The Morgan fingerprint density at radius 2 is 1.82 bits per heavy atom. The Bertz CT molecular complexity index is 453. The van der Waals surface area contributed by atoms with E-state index in [2.05, 4.69) is 36.5 Å². The summed E-state index contributed by atoms with van der Waals surface area (Å²) in [5.74, 6) is 0.172. The number of amides is 1. The second kappa shape index (κ2) is 9.16. The molecule has 1 aromatic rings. The number of carbonyl (C=O) groups is 1. The number of nitrogens with two attached hydrogens (primary N) is 1. The van der Waals surface area contributed by atoms with E-state index in [1.165, 1.54) is 24.0 Å². The summed E-state index contributed by atoms with van der Waals surface area (Å²) in [7, 11) is 0. The van der Waals surface area contributed by atoms with Crippen LogP contribution in [-0.2, 0) is 11.2 Å². The molecule has 0 bridgehead atoms. The van der Waals surface area contributed by atoms with Gasteiger partial charge in [-0.15, -0.1) is 12.4 Å². The summed E-state index contributed by atoms with van der Waals surface area (Å²) in [6.07, 6.45) is 8.13. The van der Waals surface area contributed by atoms with Gasteiger partial charge in [0.25, 0.3) is 0 Å². The van der Waals surface area contributed by atoms with Crippen molar-refractivity contribution in [2.75, 3.05) is 6.54 Å². The second-order valence-corrected chi connectivity index (χ2v) is 6.43. The number of rotatable bonds is 7. The first-order valence-corrected chi connectivity index (χ1v) is 8.20. The zero-order valence-corrected chi connectivity index (χ0v) is 14.4. The van der Waals surface area contributed by atoms with Crippen molar-refractivity contribution in [3.8, 4) is 0 Å². The van der Waals surface area contributed by atoms with Crippen molar-refractivity contribution >= 4 is 18.3 Å². The summed E-state index contributed by atoms with van der Waals surface area (Å²) in [4.78, 5) is 12.1. The molecule has 124 valence electrons. The molecule has 0 saturated heterocycles. The average Bonchev–Trinajstić information content (AvgIpc) is 2.94. The molecule has 0 heterocycles. The molecule has 0 radical (unpaired) electrons. The molecule has 0 atom stereocenters. The van der Waals surface area contributed by atoms with Crippen LogP contribution in [0.5, 0.6) is 0 Å². The van der Waals surface area contributed by atoms with Gasteiger partial charge in [-0.3, -0.25) is 4.79 Å². The van der Waals surface area contributed by atoms with E-state index in [-0.39, 0.29) is 23.9 Å². The van der Waals surface area contributed by atoms with Crippen LogP contribution in [0, 0.1) is 6.92 Å². The van der Waals surface area contributed by atoms with Crippen molar-refractivity contribution in [2.24, 2.45) is 5.73 Å². The van der Waals surface area contributed by atoms with Gasteiger partial charge < -0.3 is 11.1 Å². The standard InChI is InChI=1S/C18H28N2O.ClH/c1-15-8-10-16(11-9-15)6-2-3-7-17(21)20-18(14-19)12-4-5-13-18;/h8-11H,2-7,12-14,19H2,1H3,(H,20,21);1H. The highest BCUT2D eigenvalue weighted by Gasteiger charge is 2.33. The van der Waals surface area contributed by atoms with Gasteiger partial charge in [-0.05, 0) is 44.6 Å². The summed E-state index contributed by atoms with van der Waals surface area (Å²) < 4.78 is 0. The van der Waals surface area contributed by atoms with Crippen LogP contribution in [0.15, 0.2) is 24.3 Å². The Kier molecular flexibility index (Phi) is 7.91. The highest BCUT2D eigenvalue weighted by Crippen LogP contribution is 2.28. The number of hydrogen-bond acceptors (Lipinski definition) is 2. The van der Waals surface area contributed by atoms with Crippen molar-refractivity contribution in [3.63, 3.8) is 0 Å². The minimum atomic E-state index is -0.103. The van der Waals surface area contributed by atoms with Crippen molar-refractivity contribution in [3.05, 3.63) is 35.4 Å². The number of nitrogens with one attached hydrogen (secondary N) is 1. The van der Waals surface area contributed by atoms with Gasteiger partial charge >= 0.3 is 0 Å². The Morgan fingerprint density at radius 3 is 2.41 bits per heavy atom. The third kappa shape index (κ3) is 5.62. The third-order valence-corrected chi connectivity index (χ3v) is 4.60. The Balaban J connectivity index is 0.00000242. The Morgan fingerprint density at radius 1 is 1.18 bits per heavy atom. The molecule has 3 nitrogen and oxygen atoms in total. The fourth-order valence-electron chi connectivity index (χ4n) is 3.16. The van der Waals surface area contributed by atoms with Gasteiger partial charge in [0.1, 0.15) is 0 Å². The molecule has 0 unspecified atom stereocenters. The summed E-state index contributed by atoms with van der Waals surface area (Å²) in [6.45, 7) is 2.67. The maximum absolute atomic E-state index is 12.1. The summed E-state index contributed by atoms with van der Waals surface area (Å²) >= 11 is 0. The van der Waals surface area contributed by atoms with Crippen LogP contribution in [0.4, 0.5) is 0 Å². The Hall–Kier alpha value is -1.06. The van der Waals surface area contributed by atoms with Crippen molar-refractivity contribution in [1.29, 1.82) is 0 Å². The predicted octanol–water partition coefficient (Wildman–Crippen LogP) is 3.52. The third-order valence-electron chi connectivity index (χ3n) is 4.60. The van der Waals surface area contributed by atoms with Crippen molar-refractivity contribution in [2.45, 2.75) is 63.8 Å². The molecular formula is C18H29ClN2O. The number of carbonyl (C=O) groups excluding carboxylic acids is 1. The minimum Gasteiger partial charge on any atom is -0.349 e. The first-order chi connectivity index (χ1) is 10.1. The molecule has 2 rings (SSSR count). The number of hydrogen-bond donors (Lipinski definition) is 2. The number of halogens is 1.